The third-order valence-electron chi connectivity index (χ3n) is 3.50. The molecule has 6 N–H and O–H groups in total. The molecular formula is C14H19NO7. The Balaban J connectivity index is 2.14. The van der Waals surface area contributed by atoms with Crippen molar-refractivity contribution in [1.29, 1.82) is 0 Å². The summed E-state index contributed by atoms with van der Waals surface area (Å²) in [4.78, 5) is 11.0. The van der Waals surface area contributed by atoms with E-state index in [2.05, 4.69) is 0 Å². The maximum atomic E-state index is 11.0. The van der Waals surface area contributed by atoms with Crippen LogP contribution in [0, 0.1) is 0 Å². The van der Waals surface area contributed by atoms with Crippen LogP contribution in [0.2, 0.25) is 0 Å². The summed E-state index contributed by atoms with van der Waals surface area (Å²) in [6, 6.07) is 8.87. The molecule has 0 bridgehead atoms. The van der Waals surface area contributed by atoms with Crippen molar-refractivity contribution in [2.75, 3.05) is 6.54 Å². The summed E-state index contributed by atoms with van der Waals surface area (Å²) >= 11 is 0. The quantitative estimate of drug-likeness (QED) is 0.446. The largest absolute Gasteiger partial charge is 0.479 e. The van der Waals surface area contributed by atoms with E-state index in [1.54, 1.807) is 24.3 Å². The van der Waals surface area contributed by atoms with Crippen LogP contribution >= 0.6 is 0 Å². The molecule has 1 aromatic carbocycles. The van der Waals surface area contributed by atoms with Crippen LogP contribution in [0.3, 0.4) is 0 Å². The van der Waals surface area contributed by atoms with Gasteiger partial charge in [0.1, 0.15) is 18.3 Å². The van der Waals surface area contributed by atoms with Gasteiger partial charge in [-0.05, 0) is 5.56 Å². The zero-order valence-corrected chi connectivity index (χ0v) is 11.6. The minimum absolute atomic E-state index is 0.0625. The fourth-order valence-corrected chi connectivity index (χ4v) is 2.26. The molecule has 1 aromatic rings. The molecule has 1 heterocycles. The Morgan fingerprint density at radius 3 is 2.36 bits per heavy atom. The minimum Gasteiger partial charge on any atom is -0.479 e. The van der Waals surface area contributed by atoms with Crippen LogP contribution in [0.15, 0.2) is 30.3 Å². The summed E-state index contributed by atoms with van der Waals surface area (Å²) in [6.45, 7) is 0.0625. The van der Waals surface area contributed by atoms with Crippen molar-refractivity contribution in [2.45, 2.75) is 36.8 Å². The van der Waals surface area contributed by atoms with E-state index in [-0.39, 0.29) is 6.54 Å². The van der Waals surface area contributed by atoms with E-state index in [1.165, 1.54) is 0 Å². The van der Waals surface area contributed by atoms with Crippen LogP contribution in [-0.2, 0) is 14.3 Å². The molecule has 0 aliphatic carbocycles. The van der Waals surface area contributed by atoms with Crippen LogP contribution in [0.1, 0.15) is 11.7 Å². The van der Waals surface area contributed by atoms with Crippen LogP contribution in [-0.4, -0.2) is 63.6 Å². The van der Waals surface area contributed by atoms with Gasteiger partial charge >= 0.3 is 5.97 Å². The van der Waals surface area contributed by atoms with Crippen LogP contribution in [0.5, 0.6) is 0 Å². The number of ether oxygens (including phenoxy) is 2. The van der Waals surface area contributed by atoms with Crippen molar-refractivity contribution in [3.05, 3.63) is 35.9 Å². The van der Waals surface area contributed by atoms with Crippen LogP contribution in [0.25, 0.3) is 0 Å². The molecule has 0 aromatic heterocycles. The van der Waals surface area contributed by atoms with E-state index >= 15 is 0 Å². The molecule has 1 fully saturated rings. The number of hydrogen-bond acceptors (Lipinski definition) is 7. The fourth-order valence-electron chi connectivity index (χ4n) is 2.26. The molecule has 6 atom stereocenters. The standard InChI is InChI=1S/C14H19NO7/c15-6-8(7-4-2-1-3-5-7)21-14-11(18)9(16)10(17)12(22-14)13(19)20/h1-5,8-12,14,16-18H,6,15H2,(H,19,20). The summed E-state index contributed by atoms with van der Waals surface area (Å²) in [6.07, 6.45) is -8.82. The fraction of sp³-hybridized carbons (Fsp3) is 0.500. The molecule has 2 rings (SSSR count). The summed E-state index contributed by atoms with van der Waals surface area (Å²) in [5.41, 5.74) is 6.35. The molecule has 0 radical (unpaired) electrons. The molecule has 0 saturated carbocycles. The van der Waals surface area contributed by atoms with Gasteiger partial charge in [-0.2, -0.15) is 0 Å². The van der Waals surface area contributed by atoms with Gasteiger partial charge in [-0.3, -0.25) is 0 Å². The first-order valence-electron chi connectivity index (χ1n) is 6.78. The van der Waals surface area contributed by atoms with Crippen molar-refractivity contribution in [3.8, 4) is 0 Å². The third-order valence-corrected chi connectivity index (χ3v) is 3.50. The SMILES string of the molecule is NCC(OC1OC(C(=O)O)C(O)C(O)C1O)c1ccccc1. The number of nitrogens with two attached hydrogens (primary N) is 1. The summed E-state index contributed by atoms with van der Waals surface area (Å²) in [5, 5.41) is 38.2. The number of rotatable bonds is 5. The number of hydrogen-bond donors (Lipinski definition) is 5. The number of benzene rings is 1. The lowest BCUT2D eigenvalue weighted by atomic mass is 9.99. The molecule has 22 heavy (non-hydrogen) atoms. The van der Waals surface area contributed by atoms with E-state index in [9.17, 15) is 20.1 Å². The van der Waals surface area contributed by atoms with Crippen molar-refractivity contribution in [3.63, 3.8) is 0 Å². The molecule has 122 valence electrons. The van der Waals surface area contributed by atoms with Crippen LogP contribution in [0.4, 0.5) is 0 Å². The number of carboxylic acid groups (broad SMARTS) is 1. The zero-order chi connectivity index (χ0) is 16.3. The first-order valence-corrected chi connectivity index (χ1v) is 6.78. The van der Waals surface area contributed by atoms with E-state index in [1.807, 2.05) is 6.07 Å². The Kier molecular flexibility index (Phi) is 5.46. The predicted molar refractivity (Wildman–Crippen MR) is 73.6 cm³/mol. The van der Waals surface area contributed by atoms with Crippen molar-refractivity contribution >= 4 is 5.97 Å². The molecule has 8 heteroatoms. The number of carbonyl (C=O) groups is 1. The molecule has 8 nitrogen and oxygen atoms in total. The second kappa shape index (κ2) is 7.14. The maximum Gasteiger partial charge on any atom is 0.335 e. The van der Waals surface area contributed by atoms with Crippen molar-refractivity contribution in [2.24, 2.45) is 5.73 Å². The lowest BCUT2D eigenvalue weighted by Gasteiger charge is -2.39. The Bertz CT molecular complexity index is 497. The van der Waals surface area contributed by atoms with Gasteiger partial charge in [0.2, 0.25) is 0 Å². The van der Waals surface area contributed by atoms with E-state index in [0.717, 1.165) is 0 Å². The summed E-state index contributed by atoms with van der Waals surface area (Å²) in [5.74, 6) is -1.46. The smallest absolute Gasteiger partial charge is 0.335 e. The summed E-state index contributed by atoms with van der Waals surface area (Å²) in [7, 11) is 0. The highest BCUT2D eigenvalue weighted by Crippen LogP contribution is 2.27. The van der Waals surface area contributed by atoms with E-state index in [0.29, 0.717) is 5.56 Å². The monoisotopic (exact) mass is 313 g/mol. The average molecular weight is 313 g/mol. The minimum atomic E-state index is -1.75. The lowest BCUT2D eigenvalue weighted by Crippen LogP contribution is -2.60. The molecule has 0 spiro atoms. The van der Waals surface area contributed by atoms with Gasteiger partial charge in [0.15, 0.2) is 12.4 Å². The summed E-state index contributed by atoms with van der Waals surface area (Å²) < 4.78 is 10.6. The van der Waals surface area contributed by atoms with Gasteiger partial charge in [0.25, 0.3) is 0 Å². The highest BCUT2D eigenvalue weighted by Gasteiger charge is 2.48. The topological polar surface area (TPSA) is 142 Å². The molecule has 6 unspecified atom stereocenters. The predicted octanol–water partition coefficient (Wildman–Crippen LogP) is -1.40. The highest BCUT2D eigenvalue weighted by molar-refractivity contribution is 5.73. The van der Waals surface area contributed by atoms with Crippen molar-refractivity contribution in [1.82, 2.24) is 0 Å². The van der Waals surface area contributed by atoms with Gasteiger partial charge in [-0.15, -0.1) is 0 Å². The first-order chi connectivity index (χ1) is 10.5. The second-order valence-electron chi connectivity index (χ2n) is 5.01. The Morgan fingerprint density at radius 2 is 1.82 bits per heavy atom. The van der Waals surface area contributed by atoms with Gasteiger partial charge in [-0.1, -0.05) is 30.3 Å². The van der Waals surface area contributed by atoms with Gasteiger partial charge < -0.3 is 35.6 Å². The molecule has 0 amide bonds. The highest BCUT2D eigenvalue weighted by atomic mass is 16.7. The number of aliphatic hydroxyl groups is 3. The third kappa shape index (κ3) is 3.43. The van der Waals surface area contributed by atoms with Crippen molar-refractivity contribution < 1.29 is 34.7 Å². The number of aliphatic hydroxyl groups excluding tert-OH is 3. The van der Waals surface area contributed by atoms with E-state index < -0.39 is 42.8 Å². The lowest BCUT2D eigenvalue weighted by molar-refractivity contribution is -0.304. The first kappa shape index (κ1) is 16.8. The molecule has 1 aliphatic heterocycles. The molecular weight excluding hydrogens is 294 g/mol. The van der Waals surface area contributed by atoms with Gasteiger partial charge in [0, 0.05) is 6.54 Å². The Morgan fingerprint density at radius 1 is 1.18 bits per heavy atom. The maximum absolute atomic E-state index is 11.0. The van der Waals surface area contributed by atoms with Gasteiger partial charge in [-0.25, -0.2) is 4.79 Å². The average Bonchev–Trinajstić information content (AvgIpc) is 2.52. The number of aliphatic carboxylic acids is 1. The van der Waals surface area contributed by atoms with Gasteiger partial charge in [0.05, 0.1) is 6.10 Å². The second-order valence-corrected chi connectivity index (χ2v) is 5.01. The Labute approximate surface area is 126 Å². The van der Waals surface area contributed by atoms with Crippen LogP contribution < -0.4 is 5.73 Å². The molecule has 1 aliphatic rings. The van der Waals surface area contributed by atoms with E-state index in [4.69, 9.17) is 20.3 Å². The Hall–Kier alpha value is -1.55. The molecule has 1 saturated heterocycles. The normalized spacial score (nSPS) is 33.4. The number of carboxylic acids is 1. The zero-order valence-electron chi connectivity index (χ0n) is 11.6.